The topological polar surface area (TPSA) is 187 Å². The molecular weight excluding hydrogens is 476 g/mol. The number of nitrogens with zero attached hydrogens (tertiary/aromatic N) is 5. The summed E-state index contributed by atoms with van der Waals surface area (Å²) in [5, 5.41) is 32.7. The normalized spacial score (nSPS) is 10.6. The van der Waals surface area contributed by atoms with Crippen molar-refractivity contribution in [1.29, 1.82) is 0 Å². The Balaban J connectivity index is 2.32. The number of nitrogens with one attached hydrogen (secondary N) is 1. The molecule has 0 atom stereocenters. The third-order valence-corrected chi connectivity index (χ3v) is 4.69. The van der Waals surface area contributed by atoms with Crippen LogP contribution >= 0.6 is 0 Å². The van der Waals surface area contributed by atoms with E-state index in [-0.39, 0.29) is 42.4 Å². The van der Waals surface area contributed by atoms with Crippen molar-refractivity contribution in [3.63, 3.8) is 0 Å². The van der Waals surface area contributed by atoms with Gasteiger partial charge in [0, 0.05) is 31.8 Å². The maximum atomic E-state index is 11.8. The Hall–Kier alpha value is -4.75. The lowest BCUT2D eigenvalue weighted by atomic mass is 10.2. The number of nitro groups is 2. The number of rotatable bonds is 12. The van der Waals surface area contributed by atoms with Gasteiger partial charge in [-0.2, -0.15) is 0 Å². The maximum absolute atomic E-state index is 11.8. The number of ether oxygens (including phenoxy) is 1. The number of esters is 1. The van der Waals surface area contributed by atoms with Crippen LogP contribution in [0, 0.1) is 20.2 Å². The van der Waals surface area contributed by atoms with Gasteiger partial charge in [0.25, 0.3) is 5.69 Å². The number of nitro benzene ring substituents is 2. The van der Waals surface area contributed by atoms with Gasteiger partial charge in [-0.3, -0.25) is 34.6 Å². The molecule has 2 rings (SSSR count). The Morgan fingerprint density at radius 2 is 1.67 bits per heavy atom. The molecule has 2 aromatic carbocycles. The molecule has 1 N–H and O–H groups in total. The minimum absolute atomic E-state index is 0.0296. The summed E-state index contributed by atoms with van der Waals surface area (Å²) in [6.07, 6.45) is 0.0296. The van der Waals surface area contributed by atoms with Crippen LogP contribution in [0.1, 0.15) is 27.2 Å². The zero-order valence-electron chi connectivity index (χ0n) is 19.8. The lowest BCUT2D eigenvalue weighted by Crippen LogP contribution is -2.27. The molecule has 0 saturated carbocycles. The lowest BCUT2D eigenvalue weighted by Gasteiger charge is -2.23. The summed E-state index contributed by atoms with van der Waals surface area (Å²) in [6, 6.07) is 7.75. The molecule has 14 heteroatoms. The van der Waals surface area contributed by atoms with E-state index in [2.05, 4.69) is 15.5 Å². The molecule has 0 fully saturated rings. The number of hydrogen-bond donors (Lipinski definition) is 1. The summed E-state index contributed by atoms with van der Waals surface area (Å²) in [7, 11) is 0. The summed E-state index contributed by atoms with van der Waals surface area (Å²) in [4.78, 5) is 57.1. The van der Waals surface area contributed by atoms with Crippen LogP contribution in [0.4, 0.5) is 34.1 Å². The first kappa shape index (κ1) is 27.5. The van der Waals surface area contributed by atoms with E-state index in [0.717, 1.165) is 18.2 Å². The van der Waals surface area contributed by atoms with E-state index < -0.39 is 33.1 Å². The first-order chi connectivity index (χ1) is 17.0. The van der Waals surface area contributed by atoms with E-state index in [4.69, 9.17) is 4.74 Å². The second-order valence-corrected chi connectivity index (χ2v) is 7.46. The van der Waals surface area contributed by atoms with Crippen LogP contribution in [-0.2, 0) is 19.1 Å². The summed E-state index contributed by atoms with van der Waals surface area (Å²) in [5.41, 5.74) is -0.193. The largest absolute Gasteiger partial charge is 0.458 e. The highest BCUT2D eigenvalue weighted by molar-refractivity contribution is 5.93. The first-order valence-corrected chi connectivity index (χ1v) is 10.7. The molecule has 0 radical (unpaired) electrons. The van der Waals surface area contributed by atoms with E-state index in [1.807, 2.05) is 11.8 Å². The van der Waals surface area contributed by atoms with Gasteiger partial charge in [0.1, 0.15) is 12.3 Å². The van der Waals surface area contributed by atoms with Gasteiger partial charge in [0.15, 0.2) is 11.5 Å². The third kappa shape index (κ3) is 7.93. The predicted molar refractivity (Wildman–Crippen MR) is 129 cm³/mol. The Morgan fingerprint density at radius 3 is 2.25 bits per heavy atom. The second kappa shape index (κ2) is 12.6. The van der Waals surface area contributed by atoms with Crippen molar-refractivity contribution in [2.45, 2.75) is 27.2 Å². The molecule has 0 aromatic heterocycles. The number of benzene rings is 2. The van der Waals surface area contributed by atoms with Crippen molar-refractivity contribution in [2.24, 2.45) is 10.2 Å². The molecule has 0 spiro atoms. The lowest BCUT2D eigenvalue weighted by molar-refractivity contribution is -0.393. The SMILES string of the molecule is CCN(CCC(=O)OCC(C)=O)c1ccc(N=Nc2ccc([N+](=O)[O-])cc2[N+](=O)[O-])c(NC(C)=O)c1. The van der Waals surface area contributed by atoms with Crippen LogP contribution in [0.15, 0.2) is 46.6 Å². The fourth-order valence-corrected chi connectivity index (χ4v) is 3.01. The average molecular weight is 500 g/mol. The summed E-state index contributed by atoms with van der Waals surface area (Å²) in [5.74, 6) is -1.19. The summed E-state index contributed by atoms with van der Waals surface area (Å²) < 4.78 is 4.87. The van der Waals surface area contributed by atoms with Gasteiger partial charge in [0.2, 0.25) is 5.91 Å². The standard InChI is InChI=1S/C22H24N6O8/c1-4-26(10-9-22(31)36-13-14(2)29)16-5-7-18(20(11-16)23-15(3)30)24-25-19-8-6-17(27(32)33)12-21(19)28(34)35/h5-8,11-12H,4,9-10,13H2,1-3H3,(H,23,30). The van der Waals surface area contributed by atoms with Gasteiger partial charge < -0.3 is 15.0 Å². The molecule has 0 aliphatic rings. The molecule has 0 aliphatic heterocycles. The molecule has 0 heterocycles. The summed E-state index contributed by atoms with van der Waals surface area (Å²) in [6.45, 7) is 4.97. The highest BCUT2D eigenvalue weighted by atomic mass is 16.6. The van der Waals surface area contributed by atoms with E-state index in [1.165, 1.54) is 19.9 Å². The number of amides is 1. The molecule has 2 aromatic rings. The smallest absolute Gasteiger partial charge is 0.308 e. The van der Waals surface area contributed by atoms with Gasteiger partial charge in [-0.05, 0) is 38.1 Å². The van der Waals surface area contributed by atoms with Crippen LogP contribution in [-0.4, -0.2) is 47.2 Å². The van der Waals surface area contributed by atoms with Crippen molar-refractivity contribution in [3.05, 3.63) is 56.6 Å². The number of azo groups is 1. The van der Waals surface area contributed by atoms with E-state index in [1.54, 1.807) is 12.1 Å². The van der Waals surface area contributed by atoms with Crippen molar-refractivity contribution in [3.8, 4) is 0 Å². The zero-order valence-corrected chi connectivity index (χ0v) is 19.8. The number of Topliss-reactive ketones (excluding diaryl/α,β-unsaturated/α-hetero) is 1. The highest BCUT2D eigenvalue weighted by Crippen LogP contribution is 2.35. The fourth-order valence-electron chi connectivity index (χ4n) is 3.01. The third-order valence-electron chi connectivity index (χ3n) is 4.69. The Morgan fingerprint density at radius 1 is 1.00 bits per heavy atom. The zero-order chi connectivity index (χ0) is 26.8. The average Bonchev–Trinajstić information content (AvgIpc) is 2.81. The molecule has 36 heavy (non-hydrogen) atoms. The number of non-ortho nitro benzene ring substituents is 1. The minimum Gasteiger partial charge on any atom is -0.458 e. The van der Waals surface area contributed by atoms with E-state index >= 15 is 0 Å². The van der Waals surface area contributed by atoms with Gasteiger partial charge in [-0.25, -0.2) is 0 Å². The molecule has 0 unspecified atom stereocenters. The number of ketones is 1. The Labute approximate surface area is 205 Å². The van der Waals surface area contributed by atoms with Gasteiger partial charge in [-0.15, -0.1) is 10.2 Å². The predicted octanol–water partition coefficient (Wildman–Crippen LogP) is 4.23. The van der Waals surface area contributed by atoms with E-state index in [9.17, 15) is 34.6 Å². The minimum atomic E-state index is -0.806. The monoisotopic (exact) mass is 500 g/mol. The van der Waals surface area contributed by atoms with Crippen LogP contribution < -0.4 is 10.2 Å². The Bertz CT molecular complexity index is 1210. The molecule has 0 bridgehead atoms. The van der Waals surface area contributed by atoms with Crippen molar-refractivity contribution in [1.82, 2.24) is 0 Å². The highest BCUT2D eigenvalue weighted by Gasteiger charge is 2.20. The quantitative estimate of drug-likeness (QED) is 0.192. The maximum Gasteiger partial charge on any atom is 0.308 e. The molecule has 0 saturated heterocycles. The Kier molecular flexibility index (Phi) is 9.65. The number of carbonyl (C=O) groups is 3. The number of hydrogen-bond acceptors (Lipinski definition) is 11. The molecule has 14 nitrogen and oxygen atoms in total. The van der Waals surface area contributed by atoms with Crippen molar-refractivity contribution < 1.29 is 29.0 Å². The van der Waals surface area contributed by atoms with Crippen LogP contribution in [0.5, 0.6) is 0 Å². The molecular formula is C22H24N6O8. The van der Waals surface area contributed by atoms with Gasteiger partial charge in [0.05, 0.1) is 28.0 Å². The second-order valence-electron chi connectivity index (χ2n) is 7.46. The first-order valence-electron chi connectivity index (χ1n) is 10.7. The fraction of sp³-hybridized carbons (Fsp3) is 0.318. The molecule has 0 aliphatic carbocycles. The van der Waals surface area contributed by atoms with Gasteiger partial charge >= 0.3 is 11.7 Å². The van der Waals surface area contributed by atoms with Crippen LogP contribution in [0.3, 0.4) is 0 Å². The number of anilines is 2. The molecule has 190 valence electrons. The summed E-state index contributed by atoms with van der Waals surface area (Å²) >= 11 is 0. The number of carbonyl (C=O) groups excluding carboxylic acids is 3. The van der Waals surface area contributed by atoms with Crippen molar-refractivity contribution >= 4 is 51.8 Å². The van der Waals surface area contributed by atoms with Crippen LogP contribution in [0.25, 0.3) is 0 Å². The van der Waals surface area contributed by atoms with Crippen molar-refractivity contribution in [2.75, 3.05) is 29.9 Å². The van der Waals surface area contributed by atoms with Gasteiger partial charge in [-0.1, -0.05) is 0 Å². The molecule has 1 amide bonds. The van der Waals surface area contributed by atoms with Crippen LogP contribution in [0.2, 0.25) is 0 Å². The van der Waals surface area contributed by atoms with E-state index in [0.29, 0.717) is 12.2 Å².